The maximum atomic E-state index is 9.56. The van der Waals surface area contributed by atoms with Crippen LogP contribution >= 0.6 is 0 Å². The SMILES string of the molecule is CO[C@H]1OC[C@@H](C)[C@H](C)[C@H]1O. The van der Waals surface area contributed by atoms with Crippen LogP contribution in [0.15, 0.2) is 0 Å². The standard InChI is InChI=1S/C8H16O3/c1-5-4-11-8(10-3)7(9)6(5)2/h5-9H,4H2,1-3H3/t5-,6+,7-,8+/m1/s1. The van der Waals surface area contributed by atoms with Gasteiger partial charge < -0.3 is 14.6 Å². The molecule has 0 amide bonds. The van der Waals surface area contributed by atoms with Crippen LogP contribution in [-0.2, 0) is 9.47 Å². The van der Waals surface area contributed by atoms with E-state index in [0.717, 1.165) is 0 Å². The Hall–Kier alpha value is -0.120. The molecule has 0 aromatic rings. The summed E-state index contributed by atoms with van der Waals surface area (Å²) >= 11 is 0. The van der Waals surface area contributed by atoms with E-state index in [0.29, 0.717) is 12.5 Å². The Balaban J connectivity index is 2.52. The number of aliphatic hydroxyl groups is 1. The van der Waals surface area contributed by atoms with Gasteiger partial charge >= 0.3 is 0 Å². The van der Waals surface area contributed by atoms with Crippen molar-refractivity contribution in [3.05, 3.63) is 0 Å². The molecule has 1 rings (SSSR count). The molecule has 3 heteroatoms. The van der Waals surface area contributed by atoms with E-state index >= 15 is 0 Å². The van der Waals surface area contributed by atoms with E-state index in [1.807, 2.05) is 6.92 Å². The Bertz CT molecular complexity index is 125. The zero-order valence-corrected chi connectivity index (χ0v) is 7.28. The summed E-state index contributed by atoms with van der Waals surface area (Å²) in [7, 11) is 1.55. The van der Waals surface area contributed by atoms with Crippen LogP contribution in [0.1, 0.15) is 13.8 Å². The van der Waals surface area contributed by atoms with Crippen LogP contribution < -0.4 is 0 Å². The first-order valence-corrected chi connectivity index (χ1v) is 3.99. The molecule has 0 aromatic carbocycles. The molecule has 3 nitrogen and oxygen atoms in total. The summed E-state index contributed by atoms with van der Waals surface area (Å²) < 4.78 is 10.2. The third-order valence-corrected chi connectivity index (χ3v) is 2.47. The Labute approximate surface area is 67.3 Å². The molecule has 1 fully saturated rings. The average Bonchev–Trinajstić information content (AvgIpc) is 2.01. The van der Waals surface area contributed by atoms with Crippen LogP contribution in [0.3, 0.4) is 0 Å². The number of aliphatic hydroxyl groups excluding tert-OH is 1. The molecule has 1 aliphatic rings. The fourth-order valence-corrected chi connectivity index (χ4v) is 1.29. The van der Waals surface area contributed by atoms with E-state index < -0.39 is 12.4 Å². The molecule has 1 N–H and O–H groups in total. The second kappa shape index (κ2) is 3.52. The molecule has 0 spiro atoms. The summed E-state index contributed by atoms with van der Waals surface area (Å²) in [6.45, 7) is 4.76. The van der Waals surface area contributed by atoms with Gasteiger partial charge in [0.05, 0.1) is 6.61 Å². The van der Waals surface area contributed by atoms with Gasteiger partial charge in [-0.1, -0.05) is 13.8 Å². The molecule has 4 atom stereocenters. The molecule has 0 bridgehead atoms. The second-order valence-corrected chi connectivity index (χ2v) is 3.26. The minimum atomic E-state index is -0.483. The summed E-state index contributed by atoms with van der Waals surface area (Å²) in [5.41, 5.74) is 0. The van der Waals surface area contributed by atoms with Gasteiger partial charge in [-0.15, -0.1) is 0 Å². The summed E-state index contributed by atoms with van der Waals surface area (Å²) in [6.07, 6.45) is -0.912. The Morgan fingerprint density at radius 2 is 2.09 bits per heavy atom. The largest absolute Gasteiger partial charge is 0.388 e. The summed E-state index contributed by atoms with van der Waals surface area (Å²) in [6, 6.07) is 0. The van der Waals surface area contributed by atoms with Crippen LogP contribution in [0, 0.1) is 11.8 Å². The molecular weight excluding hydrogens is 144 g/mol. The van der Waals surface area contributed by atoms with E-state index in [1.165, 1.54) is 0 Å². The van der Waals surface area contributed by atoms with Gasteiger partial charge in [0, 0.05) is 7.11 Å². The van der Waals surface area contributed by atoms with E-state index in [1.54, 1.807) is 7.11 Å². The smallest absolute Gasteiger partial charge is 0.183 e. The molecule has 0 radical (unpaired) electrons. The molecule has 0 aromatic heterocycles. The lowest BCUT2D eigenvalue weighted by Crippen LogP contribution is -2.45. The van der Waals surface area contributed by atoms with Crippen molar-refractivity contribution in [3.63, 3.8) is 0 Å². The van der Waals surface area contributed by atoms with Gasteiger partial charge in [0.15, 0.2) is 6.29 Å². The third kappa shape index (κ3) is 1.72. The number of hydrogen-bond acceptors (Lipinski definition) is 3. The predicted octanol–water partition coefficient (Wildman–Crippen LogP) is 0.622. The first kappa shape index (κ1) is 8.97. The summed E-state index contributed by atoms with van der Waals surface area (Å²) in [4.78, 5) is 0. The lowest BCUT2D eigenvalue weighted by atomic mass is 9.89. The zero-order valence-electron chi connectivity index (χ0n) is 7.28. The molecule has 66 valence electrons. The summed E-state index contributed by atoms with van der Waals surface area (Å²) in [5.74, 6) is 0.671. The normalized spacial score (nSPS) is 45.8. The van der Waals surface area contributed by atoms with E-state index in [4.69, 9.17) is 9.47 Å². The highest BCUT2D eigenvalue weighted by atomic mass is 16.7. The van der Waals surface area contributed by atoms with Crippen LogP contribution in [0.4, 0.5) is 0 Å². The number of ether oxygens (including phenoxy) is 2. The van der Waals surface area contributed by atoms with Crippen molar-refractivity contribution in [2.75, 3.05) is 13.7 Å². The van der Waals surface area contributed by atoms with Crippen LogP contribution in [0.2, 0.25) is 0 Å². The molecule has 1 heterocycles. The van der Waals surface area contributed by atoms with Crippen molar-refractivity contribution in [3.8, 4) is 0 Å². The topological polar surface area (TPSA) is 38.7 Å². The Morgan fingerprint density at radius 1 is 1.45 bits per heavy atom. The van der Waals surface area contributed by atoms with E-state index in [-0.39, 0.29) is 5.92 Å². The highest BCUT2D eigenvalue weighted by Gasteiger charge is 2.34. The first-order chi connectivity index (χ1) is 5.16. The number of rotatable bonds is 1. The van der Waals surface area contributed by atoms with Crippen LogP contribution in [0.25, 0.3) is 0 Å². The lowest BCUT2D eigenvalue weighted by molar-refractivity contribution is -0.231. The van der Waals surface area contributed by atoms with Gasteiger partial charge in [-0.2, -0.15) is 0 Å². The van der Waals surface area contributed by atoms with Crippen molar-refractivity contribution in [1.29, 1.82) is 0 Å². The first-order valence-electron chi connectivity index (χ1n) is 3.99. The fraction of sp³-hybridized carbons (Fsp3) is 1.00. The molecular formula is C8H16O3. The van der Waals surface area contributed by atoms with Gasteiger partial charge in [0.2, 0.25) is 0 Å². The van der Waals surface area contributed by atoms with Gasteiger partial charge in [0.1, 0.15) is 6.10 Å². The molecule has 0 unspecified atom stereocenters. The van der Waals surface area contributed by atoms with E-state index in [2.05, 4.69) is 6.92 Å². The minimum Gasteiger partial charge on any atom is -0.388 e. The Morgan fingerprint density at radius 3 is 2.64 bits per heavy atom. The average molecular weight is 160 g/mol. The molecule has 0 aliphatic carbocycles. The van der Waals surface area contributed by atoms with Crippen molar-refractivity contribution in [1.82, 2.24) is 0 Å². The highest BCUT2D eigenvalue weighted by Crippen LogP contribution is 2.25. The number of hydrogen-bond donors (Lipinski definition) is 1. The fourth-order valence-electron chi connectivity index (χ4n) is 1.29. The zero-order chi connectivity index (χ0) is 8.43. The van der Waals surface area contributed by atoms with Crippen molar-refractivity contribution >= 4 is 0 Å². The van der Waals surface area contributed by atoms with Crippen molar-refractivity contribution in [2.45, 2.75) is 26.2 Å². The number of methoxy groups -OCH3 is 1. The van der Waals surface area contributed by atoms with Crippen LogP contribution in [0.5, 0.6) is 0 Å². The van der Waals surface area contributed by atoms with Crippen molar-refractivity contribution < 1.29 is 14.6 Å². The maximum Gasteiger partial charge on any atom is 0.183 e. The third-order valence-electron chi connectivity index (χ3n) is 2.47. The molecule has 1 saturated heterocycles. The lowest BCUT2D eigenvalue weighted by Gasteiger charge is -2.36. The minimum absolute atomic E-state index is 0.258. The quantitative estimate of drug-likeness (QED) is 0.611. The molecule has 0 saturated carbocycles. The van der Waals surface area contributed by atoms with Crippen molar-refractivity contribution in [2.24, 2.45) is 11.8 Å². The maximum absolute atomic E-state index is 9.56. The highest BCUT2D eigenvalue weighted by molar-refractivity contribution is 4.77. The van der Waals surface area contributed by atoms with Gasteiger partial charge in [-0.3, -0.25) is 0 Å². The predicted molar refractivity (Wildman–Crippen MR) is 41.1 cm³/mol. The van der Waals surface area contributed by atoms with Gasteiger partial charge in [0.25, 0.3) is 0 Å². The van der Waals surface area contributed by atoms with Crippen LogP contribution in [-0.4, -0.2) is 31.2 Å². The molecule has 1 aliphatic heterocycles. The van der Waals surface area contributed by atoms with E-state index in [9.17, 15) is 5.11 Å². The second-order valence-electron chi connectivity index (χ2n) is 3.26. The van der Waals surface area contributed by atoms with Gasteiger partial charge in [-0.05, 0) is 11.8 Å². The monoisotopic (exact) mass is 160 g/mol. The summed E-state index contributed by atoms with van der Waals surface area (Å²) in [5, 5.41) is 9.56. The van der Waals surface area contributed by atoms with Gasteiger partial charge in [-0.25, -0.2) is 0 Å². The Kier molecular flexibility index (Phi) is 2.87. The molecule has 11 heavy (non-hydrogen) atoms.